The molecule has 0 unspecified atom stereocenters. The molecule has 0 saturated heterocycles. The molecule has 4 rings (SSSR count). The van der Waals surface area contributed by atoms with Crippen LogP contribution in [0, 0.1) is 0 Å². The molecule has 4 aromatic rings. The van der Waals surface area contributed by atoms with E-state index in [1.165, 1.54) is 38.2 Å². The molecule has 0 aliphatic heterocycles. The highest BCUT2D eigenvalue weighted by Crippen LogP contribution is 2.34. The van der Waals surface area contributed by atoms with Crippen LogP contribution in [0.4, 0.5) is 0 Å². The zero-order valence-electron chi connectivity index (χ0n) is 13.6. The summed E-state index contributed by atoms with van der Waals surface area (Å²) in [5.41, 5.74) is 4.02. The van der Waals surface area contributed by atoms with Gasteiger partial charge in [-0.05, 0) is 50.2 Å². The Balaban J connectivity index is 1.99. The topological polar surface area (TPSA) is 0 Å². The first-order chi connectivity index (χ1) is 11.2. The molecule has 0 radical (unpaired) electrons. The minimum atomic E-state index is 0.533. The van der Waals surface area contributed by atoms with Gasteiger partial charge in [-0.25, -0.2) is 0 Å². The zero-order valence-corrected chi connectivity index (χ0v) is 13.6. The Kier molecular flexibility index (Phi) is 3.38. The van der Waals surface area contributed by atoms with Gasteiger partial charge in [0.05, 0.1) is 0 Å². The number of hydrogen-bond donors (Lipinski definition) is 0. The van der Waals surface area contributed by atoms with Crippen LogP contribution >= 0.6 is 0 Å². The lowest BCUT2D eigenvalue weighted by molar-refractivity contribution is 0.876. The van der Waals surface area contributed by atoms with E-state index in [0.717, 1.165) is 0 Å². The average Bonchev–Trinajstić information content (AvgIpc) is 2.60. The van der Waals surface area contributed by atoms with Gasteiger partial charge in [-0.1, -0.05) is 86.6 Å². The lowest BCUT2D eigenvalue weighted by atomic mass is 9.90. The maximum atomic E-state index is 2.30. The Hall–Kier alpha value is -2.60. The van der Waals surface area contributed by atoms with E-state index in [0.29, 0.717) is 5.92 Å². The van der Waals surface area contributed by atoms with Crippen molar-refractivity contribution in [1.82, 2.24) is 0 Å². The summed E-state index contributed by atoms with van der Waals surface area (Å²) in [5.74, 6) is 0.533. The van der Waals surface area contributed by atoms with E-state index in [1.54, 1.807) is 0 Å². The summed E-state index contributed by atoms with van der Waals surface area (Å²) in [5, 5.41) is 5.29. The van der Waals surface area contributed by atoms with Gasteiger partial charge in [-0.2, -0.15) is 0 Å². The predicted octanol–water partition coefficient (Wildman–Crippen LogP) is 6.78. The number of benzene rings is 4. The second kappa shape index (κ2) is 5.55. The lowest BCUT2D eigenvalue weighted by Gasteiger charge is -2.14. The predicted molar refractivity (Wildman–Crippen MR) is 101 cm³/mol. The molecule has 0 aromatic heterocycles. The molecule has 0 N–H and O–H groups in total. The first kappa shape index (κ1) is 14.0. The number of rotatable bonds is 2. The first-order valence-corrected chi connectivity index (χ1v) is 8.25. The SMILES string of the molecule is CC(C)c1ccc(-c2ccc3ccccc3c2)c2ccccc12. The molecular weight excluding hydrogens is 276 g/mol. The fraction of sp³-hybridized carbons (Fsp3) is 0.130. The molecule has 0 spiro atoms. The standard InChI is InChI=1S/C23H20/c1-16(2)20-13-14-21(23-10-6-5-9-22(20)23)19-12-11-17-7-3-4-8-18(17)15-19/h3-16H,1-2H3. The lowest BCUT2D eigenvalue weighted by Crippen LogP contribution is -1.91. The number of hydrogen-bond acceptors (Lipinski definition) is 0. The summed E-state index contributed by atoms with van der Waals surface area (Å²) in [4.78, 5) is 0. The van der Waals surface area contributed by atoms with E-state index in [4.69, 9.17) is 0 Å². The van der Waals surface area contributed by atoms with E-state index >= 15 is 0 Å². The van der Waals surface area contributed by atoms with Crippen molar-refractivity contribution < 1.29 is 0 Å². The van der Waals surface area contributed by atoms with Gasteiger partial charge in [0.25, 0.3) is 0 Å². The monoisotopic (exact) mass is 296 g/mol. The van der Waals surface area contributed by atoms with E-state index in [-0.39, 0.29) is 0 Å². The summed E-state index contributed by atoms with van der Waals surface area (Å²) >= 11 is 0. The third kappa shape index (κ3) is 2.41. The molecule has 0 bridgehead atoms. The summed E-state index contributed by atoms with van der Waals surface area (Å²) in [6.45, 7) is 4.52. The second-order valence-electron chi connectivity index (χ2n) is 6.46. The van der Waals surface area contributed by atoms with Crippen molar-refractivity contribution in [3.63, 3.8) is 0 Å². The van der Waals surface area contributed by atoms with Gasteiger partial charge in [0, 0.05) is 0 Å². The molecule has 23 heavy (non-hydrogen) atoms. The van der Waals surface area contributed by atoms with Crippen molar-refractivity contribution in [2.45, 2.75) is 19.8 Å². The van der Waals surface area contributed by atoms with Crippen LogP contribution in [0.25, 0.3) is 32.7 Å². The molecule has 0 nitrogen and oxygen atoms in total. The van der Waals surface area contributed by atoms with Gasteiger partial charge in [-0.3, -0.25) is 0 Å². The van der Waals surface area contributed by atoms with Crippen molar-refractivity contribution in [3.8, 4) is 11.1 Å². The van der Waals surface area contributed by atoms with E-state index in [9.17, 15) is 0 Å². The highest BCUT2D eigenvalue weighted by atomic mass is 14.1. The van der Waals surface area contributed by atoms with Crippen molar-refractivity contribution in [1.29, 1.82) is 0 Å². The molecule has 0 heterocycles. The highest BCUT2D eigenvalue weighted by molar-refractivity contribution is 6.00. The van der Waals surface area contributed by atoms with Crippen molar-refractivity contribution >= 4 is 21.5 Å². The van der Waals surface area contributed by atoms with Crippen LogP contribution in [0.2, 0.25) is 0 Å². The molecular formula is C23H20. The molecule has 0 heteroatoms. The van der Waals surface area contributed by atoms with Gasteiger partial charge in [0.2, 0.25) is 0 Å². The smallest absolute Gasteiger partial charge is 0.0103 e. The maximum Gasteiger partial charge on any atom is -0.0103 e. The van der Waals surface area contributed by atoms with Crippen LogP contribution in [0.15, 0.2) is 78.9 Å². The molecule has 4 aromatic carbocycles. The van der Waals surface area contributed by atoms with Crippen LogP contribution in [-0.2, 0) is 0 Å². The van der Waals surface area contributed by atoms with Crippen molar-refractivity contribution in [2.75, 3.05) is 0 Å². The Labute approximate surface area is 137 Å². The quantitative estimate of drug-likeness (QED) is 0.382. The molecule has 0 atom stereocenters. The van der Waals surface area contributed by atoms with Gasteiger partial charge >= 0.3 is 0 Å². The van der Waals surface area contributed by atoms with Crippen LogP contribution in [0.3, 0.4) is 0 Å². The third-order valence-corrected chi connectivity index (χ3v) is 4.64. The Morgan fingerprint density at radius 2 is 1.30 bits per heavy atom. The van der Waals surface area contributed by atoms with Gasteiger partial charge in [0.1, 0.15) is 0 Å². The summed E-state index contributed by atoms with van der Waals surface area (Å²) in [6, 6.07) is 28.6. The highest BCUT2D eigenvalue weighted by Gasteiger charge is 2.10. The van der Waals surface area contributed by atoms with Crippen LogP contribution < -0.4 is 0 Å². The van der Waals surface area contributed by atoms with Gasteiger partial charge < -0.3 is 0 Å². The average molecular weight is 296 g/mol. The van der Waals surface area contributed by atoms with E-state index in [1.807, 2.05) is 0 Å². The van der Waals surface area contributed by atoms with Crippen LogP contribution in [-0.4, -0.2) is 0 Å². The van der Waals surface area contributed by atoms with E-state index < -0.39 is 0 Å². The Bertz CT molecular complexity index is 993. The van der Waals surface area contributed by atoms with Gasteiger partial charge in [-0.15, -0.1) is 0 Å². The Morgan fingerprint density at radius 1 is 0.609 bits per heavy atom. The fourth-order valence-electron chi connectivity index (χ4n) is 3.43. The summed E-state index contributed by atoms with van der Waals surface area (Å²) in [7, 11) is 0. The third-order valence-electron chi connectivity index (χ3n) is 4.64. The van der Waals surface area contributed by atoms with Crippen molar-refractivity contribution in [2.24, 2.45) is 0 Å². The zero-order chi connectivity index (χ0) is 15.8. The normalized spacial score (nSPS) is 11.4. The Morgan fingerprint density at radius 3 is 2.09 bits per heavy atom. The molecule has 0 aliphatic carbocycles. The minimum absolute atomic E-state index is 0.533. The summed E-state index contributed by atoms with van der Waals surface area (Å²) in [6.07, 6.45) is 0. The number of fused-ring (bicyclic) bond motifs is 2. The minimum Gasteiger partial charge on any atom is -0.0616 e. The molecule has 0 fully saturated rings. The van der Waals surface area contributed by atoms with Crippen LogP contribution in [0.5, 0.6) is 0 Å². The van der Waals surface area contributed by atoms with Crippen molar-refractivity contribution in [3.05, 3.63) is 84.4 Å². The largest absolute Gasteiger partial charge is 0.0616 e. The fourth-order valence-corrected chi connectivity index (χ4v) is 3.43. The molecule has 0 aliphatic rings. The van der Waals surface area contributed by atoms with Gasteiger partial charge in [0.15, 0.2) is 0 Å². The molecule has 0 amide bonds. The molecule has 0 saturated carbocycles. The first-order valence-electron chi connectivity index (χ1n) is 8.25. The maximum absolute atomic E-state index is 2.30. The second-order valence-corrected chi connectivity index (χ2v) is 6.46. The summed E-state index contributed by atoms with van der Waals surface area (Å²) < 4.78 is 0. The van der Waals surface area contributed by atoms with E-state index in [2.05, 4.69) is 92.7 Å². The van der Waals surface area contributed by atoms with Crippen LogP contribution in [0.1, 0.15) is 25.3 Å². The molecule has 112 valence electrons.